The van der Waals surface area contributed by atoms with Crippen molar-refractivity contribution >= 4 is 17.3 Å². The summed E-state index contributed by atoms with van der Waals surface area (Å²) in [5.41, 5.74) is 0.508. The SMILES string of the molecule is O=C(NCCNc1ccccc1[N+](=O)[O-])C1CCNC1. The van der Waals surface area contributed by atoms with Crippen molar-refractivity contribution in [3.63, 3.8) is 0 Å². The molecule has 1 aromatic rings. The summed E-state index contributed by atoms with van der Waals surface area (Å²) in [6.07, 6.45) is 0.865. The Bertz CT molecular complexity index is 486. The first-order valence-corrected chi connectivity index (χ1v) is 6.64. The summed E-state index contributed by atoms with van der Waals surface area (Å²) in [7, 11) is 0. The summed E-state index contributed by atoms with van der Waals surface area (Å²) in [5.74, 6) is 0.0837. The maximum atomic E-state index is 11.7. The number of hydrogen-bond donors (Lipinski definition) is 3. The molecule has 0 aliphatic carbocycles. The van der Waals surface area contributed by atoms with Crippen LogP contribution in [-0.2, 0) is 4.79 Å². The average molecular weight is 278 g/mol. The second-order valence-corrected chi connectivity index (χ2v) is 4.68. The topological polar surface area (TPSA) is 96.3 Å². The second kappa shape index (κ2) is 6.85. The first kappa shape index (κ1) is 14.3. The van der Waals surface area contributed by atoms with Crippen molar-refractivity contribution in [1.82, 2.24) is 10.6 Å². The number of para-hydroxylation sites is 2. The second-order valence-electron chi connectivity index (χ2n) is 4.68. The van der Waals surface area contributed by atoms with Crippen LogP contribution >= 0.6 is 0 Å². The molecule has 1 atom stereocenters. The Morgan fingerprint density at radius 3 is 2.90 bits per heavy atom. The van der Waals surface area contributed by atoms with Gasteiger partial charge in [0.2, 0.25) is 5.91 Å². The number of anilines is 1. The van der Waals surface area contributed by atoms with Crippen molar-refractivity contribution in [2.24, 2.45) is 5.92 Å². The zero-order chi connectivity index (χ0) is 14.4. The number of rotatable bonds is 6. The Kier molecular flexibility index (Phi) is 4.89. The lowest BCUT2D eigenvalue weighted by atomic mass is 10.1. The molecule has 0 bridgehead atoms. The molecule has 2 rings (SSSR count). The standard InChI is InChI=1S/C13H18N4O3/c18-13(10-5-6-14-9-10)16-8-7-15-11-3-1-2-4-12(11)17(19)20/h1-4,10,14-15H,5-9H2,(H,16,18). The summed E-state index contributed by atoms with van der Waals surface area (Å²) < 4.78 is 0. The number of nitro groups is 1. The number of carbonyl (C=O) groups is 1. The molecule has 0 radical (unpaired) electrons. The highest BCUT2D eigenvalue weighted by atomic mass is 16.6. The van der Waals surface area contributed by atoms with Gasteiger partial charge in [-0.3, -0.25) is 14.9 Å². The Morgan fingerprint density at radius 2 is 2.20 bits per heavy atom. The van der Waals surface area contributed by atoms with Crippen molar-refractivity contribution in [2.75, 3.05) is 31.5 Å². The fourth-order valence-electron chi connectivity index (χ4n) is 2.19. The molecule has 1 heterocycles. The molecule has 20 heavy (non-hydrogen) atoms. The van der Waals surface area contributed by atoms with Gasteiger partial charge in [0, 0.05) is 25.7 Å². The lowest BCUT2D eigenvalue weighted by Crippen LogP contribution is -2.35. The van der Waals surface area contributed by atoms with E-state index in [0.717, 1.165) is 19.5 Å². The van der Waals surface area contributed by atoms with E-state index in [-0.39, 0.29) is 17.5 Å². The van der Waals surface area contributed by atoms with Gasteiger partial charge in [0.1, 0.15) is 5.69 Å². The number of nitro benzene ring substituents is 1. The number of nitrogens with one attached hydrogen (secondary N) is 3. The predicted octanol–water partition coefficient (Wildman–Crippen LogP) is 0.732. The summed E-state index contributed by atoms with van der Waals surface area (Å²) >= 11 is 0. The molecular formula is C13H18N4O3. The van der Waals surface area contributed by atoms with Gasteiger partial charge in [-0.25, -0.2) is 0 Å². The lowest BCUT2D eigenvalue weighted by Gasteiger charge is -2.11. The summed E-state index contributed by atoms with van der Waals surface area (Å²) in [4.78, 5) is 22.1. The van der Waals surface area contributed by atoms with E-state index in [1.807, 2.05) is 0 Å². The number of hydrogen-bond acceptors (Lipinski definition) is 5. The summed E-state index contributed by atoms with van der Waals surface area (Å²) in [5, 5.41) is 19.8. The van der Waals surface area contributed by atoms with Crippen LogP contribution in [0.25, 0.3) is 0 Å². The molecule has 7 nitrogen and oxygen atoms in total. The normalized spacial score (nSPS) is 17.7. The molecule has 0 spiro atoms. The van der Waals surface area contributed by atoms with Crippen molar-refractivity contribution in [3.8, 4) is 0 Å². The minimum absolute atomic E-state index is 0.0406. The third-order valence-corrected chi connectivity index (χ3v) is 3.27. The van der Waals surface area contributed by atoms with Gasteiger partial charge in [-0.2, -0.15) is 0 Å². The largest absolute Gasteiger partial charge is 0.378 e. The third kappa shape index (κ3) is 3.67. The van der Waals surface area contributed by atoms with Gasteiger partial charge >= 0.3 is 0 Å². The van der Waals surface area contributed by atoms with E-state index in [0.29, 0.717) is 18.8 Å². The highest BCUT2D eigenvalue weighted by molar-refractivity contribution is 5.79. The minimum Gasteiger partial charge on any atom is -0.378 e. The molecular weight excluding hydrogens is 260 g/mol. The highest BCUT2D eigenvalue weighted by Crippen LogP contribution is 2.22. The van der Waals surface area contributed by atoms with Crippen LogP contribution in [0.1, 0.15) is 6.42 Å². The van der Waals surface area contributed by atoms with Gasteiger partial charge in [0.05, 0.1) is 10.8 Å². The zero-order valence-corrected chi connectivity index (χ0v) is 11.1. The Balaban J connectivity index is 1.76. The first-order valence-electron chi connectivity index (χ1n) is 6.64. The Morgan fingerprint density at radius 1 is 1.40 bits per heavy atom. The van der Waals surface area contributed by atoms with E-state index in [1.54, 1.807) is 18.2 Å². The van der Waals surface area contributed by atoms with Crippen LogP contribution in [0.15, 0.2) is 24.3 Å². The molecule has 0 saturated carbocycles. The monoisotopic (exact) mass is 278 g/mol. The van der Waals surface area contributed by atoms with Gasteiger partial charge in [-0.15, -0.1) is 0 Å². The zero-order valence-electron chi connectivity index (χ0n) is 11.1. The van der Waals surface area contributed by atoms with Crippen molar-refractivity contribution in [1.29, 1.82) is 0 Å². The summed E-state index contributed by atoms with van der Waals surface area (Å²) in [6.45, 7) is 2.51. The molecule has 7 heteroatoms. The van der Waals surface area contributed by atoms with E-state index in [1.165, 1.54) is 6.07 Å². The van der Waals surface area contributed by atoms with Crippen LogP contribution in [0.2, 0.25) is 0 Å². The summed E-state index contributed by atoms with van der Waals surface area (Å²) in [6, 6.07) is 6.46. The maximum absolute atomic E-state index is 11.7. The van der Waals surface area contributed by atoms with Gasteiger partial charge < -0.3 is 16.0 Å². The quantitative estimate of drug-likeness (QED) is 0.405. The predicted molar refractivity (Wildman–Crippen MR) is 75.6 cm³/mol. The molecule has 1 unspecified atom stereocenters. The van der Waals surface area contributed by atoms with Crippen LogP contribution < -0.4 is 16.0 Å². The lowest BCUT2D eigenvalue weighted by molar-refractivity contribution is -0.384. The molecule has 1 aliphatic heterocycles. The fraction of sp³-hybridized carbons (Fsp3) is 0.462. The third-order valence-electron chi connectivity index (χ3n) is 3.27. The van der Waals surface area contributed by atoms with Crippen molar-refractivity contribution in [3.05, 3.63) is 34.4 Å². The van der Waals surface area contributed by atoms with E-state index < -0.39 is 4.92 Å². The van der Waals surface area contributed by atoms with Crippen molar-refractivity contribution < 1.29 is 9.72 Å². The van der Waals surface area contributed by atoms with Crippen LogP contribution in [0.4, 0.5) is 11.4 Å². The van der Waals surface area contributed by atoms with Gasteiger partial charge in [0.15, 0.2) is 0 Å². The molecule has 3 N–H and O–H groups in total. The number of benzene rings is 1. The molecule has 1 saturated heterocycles. The maximum Gasteiger partial charge on any atom is 0.292 e. The number of nitrogens with zero attached hydrogens (tertiary/aromatic N) is 1. The smallest absolute Gasteiger partial charge is 0.292 e. The minimum atomic E-state index is -0.425. The van der Waals surface area contributed by atoms with E-state index in [9.17, 15) is 14.9 Å². The fourth-order valence-corrected chi connectivity index (χ4v) is 2.19. The van der Waals surface area contributed by atoms with E-state index in [2.05, 4.69) is 16.0 Å². The number of amides is 1. The Labute approximate surface area is 116 Å². The molecule has 1 aliphatic rings. The average Bonchev–Trinajstić information content (AvgIpc) is 2.98. The van der Waals surface area contributed by atoms with E-state index in [4.69, 9.17) is 0 Å². The van der Waals surface area contributed by atoms with Gasteiger partial charge in [-0.1, -0.05) is 12.1 Å². The molecule has 1 aromatic carbocycles. The van der Waals surface area contributed by atoms with Crippen LogP contribution in [0.3, 0.4) is 0 Å². The van der Waals surface area contributed by atoms with Gasteiger partial charge in [0.25, 0.3) is 5.69 Å². The molecule has 1 amide bonds. The van der Waals surface area contributed by atoms with Crippen LogP contribution in [-0.4, -0.2) is 37.0 Å². The molecule has 1 fully saturated rings. The van der Waals surface area contributed by atoms with E-state index >= 15 is 0 Å². The Hall–Kier alpha value is -2.15. The van der Waals surface area contributed by atoms with Crippen LogP contribution in [0.5, 0.6) is 0 Å². The van der Waals surface area contributed by atoms with Gasteiger partial charge in [-0.05, 0) is 19.0 Å². The molecule has 108 valence electrons. The first-order chi connectivity index (χ1) is 9.68. The highest BCUT2D eigenvalue weighted by Gasteiger charge is 2.21. The number of carbonyl (C=O) groups excluding carboxylic acids is 1. The van der Waals surface area contributed by atoms with Crippen LogP contribution in [0, 0.1) is 16.0 Å². The van der Waals surface area contributed by atoms with Crippen molar-refractivity contribution in [2.45, 2.75) is 6.42 Å². The molecule has 0 aromatic heterocycles.